The molecule has 1 N–H and O–H groups in total. The summed E-state index contributed by atoms with van der Waals surface area (Å²) in [6.07, 6.45) is 13.1. The Morgan fingerprint density at radius 2 is 2.00 bits per heavy atom. The third-order valence-electron chi connectivity index (χ3n) is 5.66. The number of nitrogens with one attached hydrogen (secondary N) is 1. The molecule has 170 valence electrons. The predicted octanol–water partition coefficient (Wildman–Crippen LogP) is 3.75. The normalized spacial score (nSPS) is 18.3. The summed E-state index contributed by atoms with van der Waals surface area (Å²) < 4.78 is 9.48. The van der Waals surface area contributed by atoms with Crippen LogP contribution in [-0.4, -0.2) is 53.1 Å². The summed E-state index contributed by atoms with van der Waals surface area (Å²) >= 11 is 1.37. The first kappa shape index (κ1) is 21.4. The van der Waals surface area contributed by atoms with E-state index in [0.29, 0.717) is 29.0 Å². The van der Waals surface area contributed by atoms with Crippen molar-refractivity contribution < 1.29 is 9.53 Å². The van der Waals surface area contributed by atoms with Gasteiger partial charge in [0, 0.05) is 24.4 Å². The zero-order valence-electron chi connectivity index (χ0n) is 18.2. The molecule has 0 spiro atoms. The molecule has 1 amide bonds. The van der Waals surface area contributed by atoms with E-state index in [0.717, 1.165) is 38.0 Å². The first-order valence-electron chi connectivity index (χ1n) is 10.9. The number of thiazole rings is 1. The number of anilines is 1. The van der Waals surface area contributed by atoms with E-state index < -0.39 is 0 Å². The minimum absolute atomic E-state index is 0.274. The molecule has 4 heterocycles. The summed E-state index contributed by atoms with van der Waals surface area (Å²) in [6.45, 7) is 2.78. The van der Waals surface area contributed by atoms with Crippen molar-refractivity contribution in [1.82, 2.24) is 34.5 Å². The summed E-state index contributed by atoms with van der Waals surface area (Å²) in [5.74, 6) is 0.252. The standard InChI is InChI=1S/C22H24N8O2S/c1-2-32-17-6-4-16(5-7-17)29-12-19(20(28-29)21-23-8-3-9-24-21)30-11-15(10-26-30)27-22(31)18-13-33-14-25-18/h3,8-14,16-17H,2,4-7H2,1H3,(H,27,31). The zero-order valence-corrected chi connectivity index (χ0v) is 19.0. The van der Waals surface area contributed by atoms with E-state index in [1.54, 1.807) is 46.4 Å². The molecular formula is C22H24N8O2S. The third kappa shape index (κ3) is 4.69. The number of ether oxygens (including phenoxy) is 1. The van der Waals surface area contributed by atoms with Crippen LogP contribution in [0.2, 0.25) is 0 Å². The lowest BCUT2D eigenvalue weighted by Crippen LogP contribution is -2.24. The number of aromatic nitrogens is 7. The maximum absolute atomic E-state index is 12.3. The Morgan fingerprint density at radius 3 is 2.73 bits per heavy atom. The molecule has 0 aliphatic heterocycles. The van der Waals surface area contributed by atoms with Gasteiger partial charge in [-0.25, -0.2) is 19.6 Å². The van der Waals surface area contributed by atoms with Crippen LogP contribution >= 0.6 is 11.3 Å². The van der Waals surface area contributed by atoms with Gasteiger partial charge < -0.3 is 10.1 Å². The molecule has 0 atom stereocenters. The minimum Gasteiger partial charge on any atom is -0.379 e. The fourth-order valence-electron chi connectivity index (χ4n) is 4.07. The van der Waals surface area contributed by atoms with Gasteiger partial charge in [0.1, 0.15) is 11.4 Å². The van der Waals surface area contributed by atoms with Crippen LogP contribution in [0.15, 0.2) is 47.9 Å². The molecule has 11 heteroatoms. The quantitative estimate of drug-likeness (QED) is 0.443. The van der Waals surface area contributed by atoms with E-state index in [-0.39, 0.29) is 11.9 Å². The maximum Gasteiger partial charge on any atom is 0.275 e. The lowest BCUT2D eigenvalue weighted by atomic mass is 9.93. The SMILES string of the molecule is CCOC1CCC(n2cc(-n3cc(NC(=O)c4cscn4)cn3)c(-c3ncccn3)n2)CC1. The van der Waals surface area contributed by atoms with Crippen LogP contribution in [0.1, 0.15) is 49.1 Å². The minimum atomic E-state index is -0.274. The lowest BCUT2D eigenvalue weighted by molar-refractivity contribution is 0.0260. The lowest BCUT2D eigenvalue weighted by Gasteiger charge is -2.28. The highest BCUT2D eigenvalue weighted by Gasteiger charge is 2.26. The summed E-state index contributed by atoms with van der Waals surface area (Å²) in [5.41, 5.74) is 3.96. The summed E-state index contributed by atoms with van der Waals surface area (Å²) in [4.78, 5) is 25.2. The van der Waals surface area contributed by atoms with Crippen molar-refractivity contribution in [1.29, 1.82) is 0 Å². The van der Waals surface area contributed by atoms with Crippen molar-refractivity contribution in [3.05, 3.63) is 53.6 Å². The Kier molecular flexibility index (Phi) is 6.22. The van der Waals surface area contributed by atoms with E-state index in [4.69, 9.17) is 9.84 Å². The first-order valence-corrected chi connectivity index (χ1v) is 11.9. The number of carbonyl (C=O) groups is 1. The van der Waals surface area contributed by atoms with Gasteiger partial charge in [0.05, 0.1) is 41.9 Å². The molecule has 0 radical (unpaired) electrons. The van der Waals surface area contributed by atoms with E-state index in [1.165, 1.54) is 11.3 Å². The molecule has 4 aromatic heterocycles. The predicted molar refractivity (Wildman–Crippen MR) is 123 cm³/mol. The average molecular weight is 465 g/mol. The number of hydrogen-bond donors (Lipinski definition) is 1. The fourth-order valence-corrected chi connectivity index (χ4v) is 4.60. The van der Waals surface area contributed by atoms with Gasteiger partial charge in [0.2, 0.25) is 0 Å². The van der Waals surface area contributed by atoms with E-state index in [2.05, 4.69) is 25.4 Å². The highest BCUT2D eigenvalue weighted by molar-refractivity contribution is 7.07. The van der Waals surface area contributed by atoms with Gasteiger partial charge in [-0.3, -0.25) is 9.48 Å². The number of rotatable bonds is 7. The van der Waals surface area contributed by atoms with Crippen LogP contribution in [0.4, 0.5) is 5.69 Å². The van der Waals surface area contributed by atoms with Gasteiger partial charge in [-0.05, 0) is 38.7 Å². The number of amides is 1. The number of carbonyl (C=O) groups excluding carboxylic acids is 1. The second-order valence-electron chi connectivity index (χ2n) is 7.80. The van der Waals surface area contributed by atoms with Crippen LogP contribution in [0.3, 0.4) is 0 Å². The molecule has 0 saturated heterocycles. The fraction of sp³-hybridized carbons (Fsp3) is 0.364. The molecular weight excluding hydrogens is 440 g/mol. The van der Waals surface area contributed by atoms with Crippen molar-refractivity contribution in [3.63, 3.8) is 0 Å². The van der Waals surface area contributed by atoms with E-state index >= 15 is 0 Å². The van der Waals surface area contributed by atoms with Crippen molar-refractivity contribution in [2.75, 3.05) is 11.9 Å². The van der Waals surface area contributed by atoms with E-state index in [1.807, 2.05) is 17.8 Å². The van der Waals surface area contributed by atoms with Gasteiger partial charge in [-0.15, -0.1) is 11.3 Å². The Hall–Kier alpha value is -3.44. The highest BCUT2D eigenvalue weighted by atomic mass is 32.1. The molecule has 1 saturated carbocycles. The molecule has 1 fully saturated rings. The molecule has 0 unspecified atom stereocenters. The summed E-state index contributed by atoms with van der Waals surface area (Å²) in [7, 11) is 0. The largest absolute Gasteiger partial charge is 0.379 e. The van der Waals surface area contributed by atoms with Crippen LogP contribution < -0.4 is 5.32 Å². The summed E-state index contributed by atoms with van der Waals surface area (Å²) in [5, 5.41) is 13.8. The molecule has 33 heavy (non-hydrogen) atoms. The zero-order chi connectivity index (χ0) is 22.6. The number of nitrogens with zero attached hydrogens (tertiary/aromatic N) is 7. The Bertz CT molecular complexity index is 1200. The van der Waals surface area contributed by atoms with Crippen LogP contribution in [0.25, 0.3) is 17.2 Å². The van der Waals surface area contributed by atoms with E-state index in [9.17, 15) is 4.79 Å². The van der Waals surface area contributed by atoms with Gasteiger partial charge in [0.15, 0.2) is 11.5 Å². The average Bonchev–Trinajstić information content (AvgIpc) is 3.61. The van der Waals surface area contributed by atoms with Crippen LogP contribution in [0.5, 0.6) is 0 Å². The summed E-state index contributed by atoms with van der Waals surface area (Å²) in [6, 6.07) is 2.05. The van der Waals surface area contributed by atoms with Gasteiger partial charge >= 0.3 is 0 Å². The molecule has 1 aliphatic rings. The molecule has 0 aromatic carbocycles. The van der Waals surface area contributed by atoms with Crippen LogP contribution in [-0.2, 0) is 4.74 Å². The molecule has 4 aromatic rings. The smallest absolute Gasteiger partial charge is 0.275 e. The monoisotopic (exact) mass is 464 g/mol. The molecule has 10 nitrogen and oxygen atoms in total. The first-order chi connectivity index (χ1) is 16.2. The van der Waals surface area contributed by atoms with Crippen molar-refractivity contribution >= 4 is 22.9 Å². The highest BCUT2D eigenvalue weighted by Crippen LogP contribution is 2.32. The molecule has 1 aliphatic carbocycles. The Balaban J connectivity index is 1.42. The van der Waals surface area contributed by atoms with Crippen molar-refractivity contribution in [3.8, 4) is 17.2 Å². The van der Waals surface area contributed by atoms with Gasteiger partial charge in [-0.2, -0.15) is 10.2 Å². The molecule has 5 rings (SSSR count). The second-order valence-corrected chi connectivity index (χ2v) is 8.52. The maximum atomic E-state index is 12.3. The van der Waals surface area contributed by atoms with Crippen LogP contribution in [0, 0.1) is 0 Å². The third-order valence-corrected chi connectivity index (χ3v) is 6.25. The topological polar surface area (TPSA) is 113 Å². The van der Waals surface area contributed by atoms with Crippen molar-refractivity contribution in [2.24, 2.45) is 0 Å². The van der Waals surface area contributed by atoms with Crippen molar-refractivity contribution in [2.45, 2.75) is 44.8 Å². The van der Waals surface area contributed by atoms with Gasteiger partial charge in [-0.1, -0.05) is 0 Å². The van der Waals surface area contributed by atoms with Gasteiger partial charge in [0.25, 0.3) is 5.91 Å². The molecule has 0 bridgehead atoms. The number of hydrogen-bond acceptors (Lipinski definition) is 8. The Labute approximate surface area is 194 Å². The Morgan fingerprint density at radius 1 is 1.18 bits per heavy atom. The second kappa shape index (κ2) is 9.59.